The number of halogens is 2. The number of hydrogen-bond donors (Lipinski definition) is 2. The number of hydrazine groups is 1. The number of imide groups is 1. The minimum absolute atomic E-state index is 0.0481. The number of aromatic nitrogens is 1. The van der Waals surface area contributed by atoms with Gasteiger partial charge in [-0.25, -0.2) is 23.9 Å². The van der Waals surface area contributed by atoms with Crippen LogP contribution >= 0.6 is 0 Å². The summed E-state index contributed by atoms with van der Waals surface area (Å²) >= 11 is 0. The second-order valence-corrected chi connectivity index (χ2v) is 9.30. The molecule has 6 rings (SSSR count). The highest BCUT2D eigenvalue weighted by atomic mass is 19.1. The number of ether oxygens (including phenoxy) is 3. The van der Waals surface area contributed by atoms with Crippen LogP contribution in [0.2, 0.25) is 0 Å². The minimum Gasteiger partial charge on any atom is -0.486 e. The van der Waals surface area contributed by atoms with Crippen LogP contribution in [0.5, 0.6) is 23.0 Å². The SMILES string of the molecule is CCN1NC(C(=O)Nc2ccc(Oc3ccnc4cc5c(cc34)OCCO5)c(F)c2)C(=O)N(c2ccc(F)cc2)C1=O. The van der Waals surface area contributed by atoms with E-state index in [9.17, 15) is 18.8 Å². The molecule has 1 aromatic heterocycles. The van der Waals surface area contributed by atoms with Crippen LogP contribution in [0.4, 0.5) is 25.0 Å². The zero-order valence-electron chi connectivity index (χ0n) is 22.1. The molecule has 1 fully saturated rings. The molecule has 2 N–H and O–H groups in total. The Bertz CT molecular complexity index is 1720. The zero-order chi connectivity index (χ0) is 29.4. The maximum Gasteiger partial charge on any atom is 0.345 e. The van der Waals surface area contributed by atoms with Gasteiger partial charge in [0.2, 0.25) is 0 Å². The van der Waals surface area contributed by atoms with Gasteiger partial charge in [-0.2, -0.15) is 0 Å². The van der Waals surface area contributed by atoms with Gasteiger partial charge in [-0.15, -0.1) is 0 Å². The molecule has 4 aromatic rings. The minimum atomic E-state index is -1.52. The number of fused-ring (bicyclic) bond motifs is 2. The standard InChI is InChI=1S/C29H23F2N5O6/c1-2-35-29(39)36(18-6-3-16(30)4-7-18)28(38)26(34-35)27(37)33-17-5-8-23(20(31)13-17)42-22-9-10-32-21-15-25-24(14-19(21)22)40-11-12-41-25/h3-10,13-15,26,34H,2,11-12H2,1H3,(H,33,37). The number of anilines is 2. The van der Waals surface area contributed by atoms with Gasteiger partial charge in [0.1, 0.15) is 24.8 Å². The number of rotatable bonds is 6. The van der Waals surface area contributed by atoms with E-state index < -0.39 is 35.5 Å². The molecule has 13 heteroatoms. The van der Waals surface area contributed by atoms with Gasteiger partial charge in [-0.3, -0.25) is 19.6 Å². The molecule has 1 unspecified atom stereocenters. The fourth-order valence-corrected chi connectivity index (χ4v) is 4.58. The Morgan fingerprint density at radius 3 is 2.48 bits per heavy atom. The van der Waals surface area contributed by atoms with Crippen molar-refractivity contribution in [1.29, 1.82) is 0 Å². The molecular weight excluding hydrogens is 552 g/mol. The highest BCUT2D eigenvalue weighted by Gasteiger charge is 2.43. The number of carbonyl (C=O) groups excluding carboxylic acids is 3. The fourth-order valence-electron chi connectivity index (χ4n) is 4.58. The second kappa shape index (κ2) is 10.9. The van der Waals surface area contributed by atoms with E-state index in [0.717, 1.165) is 28.1 Å². The van der Waals surface area contributed by atoms with Gasteiger partial charge in [0, 0.05) is 35.9 Å². The molecule has 3 heterocycles. The van der Waals surface area contributed by atoms with Crippen molar-refractivity contribution in [3.63, 3.8) is 0 Å². The third kappa shape index (κ3) is 5.01. The number of pyridine rings is 1. The van der Waals surface area contributed by atoms with Gasteiger partial charge >= 0.3 is 6.03 Å². The predicted molar refractivity (Wildman–Crippen MR) is 146 cm³/mol. The van der Waals surface area contributed by atoms with Crippen LogP contribution in [0.1, 0.15) is 6.92 Å². The van der Waals surface area contributed by atoms with E-state index in [-0.39, 0.29) is 23.7 Å². The lowest BCUT2D eigenvalue weighted by molar-refractivity contribution is -0.130. The van der Waals surface area contributed by atoms with Crippen molar-refractivity contribution in [3.8, 4) is 23.0 Å². The number of nitrogens with zero attached hydrogens (tertiary/aromatic N) is 3. The molecule has 11 nitrogen and oxygen atoms in total. The van der Waals surface area contributed by atoms with Crippen LogP contribution in [-0.2, 0) is 9.59 Å². The van der Waals surface area contributed by atoms with E-state index in [1.54, 1.807) is 25.1 Å². The van der Waals surface area contributed by atoms with Gasteiger partial charge < -0.3 is 19.5 Å². The van der Waals surface area contributed by atoms with Gasteiger partial charge in [0.25, 0.3) is 11.8 Å². The van der Waals surface area contributed by atoms with Crippen molar-refractivity contribution in [2.24, 2.45) is 0 Å². The third-order valence-corrected chi connectivity index (χ3v) is 6.62. The number of nitrogens with one attached hydrogen (secondary N) is 2. The molecule has 0 radical (unpaired) electrons. The Labute approximate surface area is 237 Å². The first-order chi connectivity index (χ1) is 20.3. The number of urea groups is 1. The molecule has 214 valence electrons. The summed E-state index contributed by atoms with van der Waals surface area (Å²) in [5.41, 5.74) is 3.31. The highest BCUT2D eigenvalue weighted by molar-refractivity contribution is 6.25. The third-order valence-electron chi connectivity index (χ3n) is 6.62. The molecule has 1 atom stereocenters. The van der Waals surface area contributed by atoms with Crippen molar-refractivity contribution >= 4 is 40.1 Å². The van der Waals surface area contributed by atoms with Gasteiger partial charge in [0.05, 0.1) is 11.2 Å². The molecule has 42 heavy (non-hydrogen) atoms. The smallest absolute Gasteiger partial charge is 0.345 e. The molecule has 1 saturated heterocycles. The second-order valence-electron chi connectivity index (χ2n) is 9.30. The number of carbonyl (C=O) groups is 3. The first kappa shape index (κ1) is 26.9. The van der Waals surface area contributed by atoms with Crippen molar-refractivity contribution in [3.05, 3.63) is 78.5 Å². The molecular formula is C29H23F2N5O6. The topological polar surface area (TPSA) is 122 Å². The van der Waals surface area contributed by atoms with Crippen molar-refractivity contribution < 1.29 is 37.4 Å². The van der Waals surface area contributed by atoms with Crippen LogP contribution < -0.4 is 29.9 Å². The fraction of sp³-hybridized carbons (Fsp3) is 0.172. The van der Waals surface area contributed by atoms with E-state index in [0.29, 0.717) is 41.4 Å². The Morgan fingerprint density at radius 2 is 1.76 bits per heavy atom. The van der Waals surface area contributed by atoms with Crippen LogP contribution in [0, 0.1) is 11.6 Å². The summed E-state index contributed by atoms with van der Waals surface area (Å²) in [6, 6.07) is 11.3. The van der Waals surface area contributed by atoms with E-state index in [2.05, 4.69) is 15.7 Å². The Balaban J connectivity index is 1.21. The van der Waals surface area contributed by atoms with E-state index >= 15 is 4.39 Å². The average Bonchev–Trinajstić information content (AvgIpc) is 2.98. The number of hydrogen-bond acceptors (Lipinski definition) is 8. The summed E-state index contributed by atoms with van der Waals surface area (Å²) in [5.74, 6) is -1.75. The Hall–Kier alpha value is -5.30. The average molecular weight is 576 g/mol. The maximum absolute atomic E-state index is 15.2. The lowest BCUT2D eigenvalue weighted by Gasteiger charge is -2.37. The van der Waals surface area contributed by atoms with E-state index in [4.69, 9.17) is 14.2 Å². The largest absolute Gasteiger partial charge is 0.486 e. The van der Waals surface area contributed by atoms with E-state index in [1.807, 2.05) is 0 Å². The molecule has 4 amide bonds. The highest BCUT2D eigenvalue weighted by Crippen LogP contribution is 2.39. The molecule has 2 aliphatic heterocycles. The lowest BCUT2D eigenvalue weighted by Crippen LogP contribution is -2.68. The predicted octanol–water partition coefficient (Wildman–Crippen LogP) is 4.38. The van der Waals surface area contributed by atoms with Crippen LogP contribution in [-0.4, -0.2) is 53.6 Å². The Morgan fingerprint density at radius 1 is 1.02 bits per heavy atom. The first-order valence-electron chi connectivity index (χ1n) is 13.0. The maximum atomic E-state index is 15.2. The van der Waals surface area contributed by atoms with Gasteiger partial charge in [0.15, 0.2) is 29.1 Å². The summed E-state index contributed by atoms with van der Waals surface area (Å²) in [6.45, 7) is 2.60. The van der Waals surface area contributed by atoms with Crippen molar-refractivity contribution in [1.82, 2.24) is 15.4 Å². The lowest BCUT2D eigenvalue weighted by atomic mass is 10.1. The number of benzene rings is 3. The molecule has 0 spiro atoms. The van der Waals surface area contributed by atoms with Gasteiger partial charge in [-0.05, 0) is 55.5 Å². The monoisotopic (exact) mass is 575 g/mol. The summed E-state index contributed by atoms with van der Waals surface area (Å²) in [6.07, 6.45) is 1.52. The van der Waals surface area contributed by atoms with Crippen molar-refractivity contribution in [2.75, 3.05) is 30.0 Å². The molecule has 0 bridgehead atoms. The summed E-state index contributed by atoms with van der Waals surface area (Å²) < 4.78 is 45.7. The molecule has 3 aromatic carbocycles. The quantitative estimate of drug-likeness (QED) is 0.325. The van der Waals surface area contributed by atoms with Crippen molar-refractivity contribution in [2.45, 2.75) is 13.0 Å². The molecule has 0 aliphatic carbocycles. The van der Waals surface area contributed by atoms with Crippen LogP contribution in [0.15, 0.2) is 66.9 Å². The van der Waals surface area contributed by atoms with Gasteiger partial charge in [-0.1, -0.05) is 0 Å². The summed E-state index contributed by atoms with van der Waals surface area (Å²) in [4.78, 5) is 44.2. The Kier molecular flexibility index (Phi) is 7.00. The van der Waals surface area contributed by atoms with Crippen LogP contribution in [0.3, 0.4) is 0 Å². The first-order valence-corrected chi connectivity index (χ1v) is 13.0. The zero-order valence-corrected chi connectivity index (χ0v) is 22.1. The van der Waals surface area contributed by atoms with E-state index in [1.165, 1.54) is 30.5 Å². The normalized spacial score (nSPS) is 16.5. The summed E-state index contributed by atoms with van der Waals surface area (Å²) in [5, 5.41) is 4.16. The molecule has 2 aliphatic rings. The van der Waals surface area contributed by atoms with Crippen LogP contribution in [0.25, 0.3) is 10.9 Å². The number of amides is 4. The molecule has 0 saturated carbocycles. The summed E-state index contributed by atoms with van der Waals surface area (Å²) in [7, 11) is 0.